The highest BCUT2D eigenvalue weighted by atomic mass is 16.3. The summed E-state index contributed by atoms with van der Waals surface area (Å²) in [4.78, 5) is 0. The zero-order valence-corrected chi connectivity index (χ0v) is 13.0. The van der Waals surface area contributed by atoms with Gasteiger partial charge in [0, 0.05) is 5.39 Å². The molecular formula is C19H21NO. The quantitative estimate of drug-likeness (QED) is 0.754. The van der Waals surface area contributed by atoms with Crippen molar-refractivity contribution in [2.45, 2.75) is 26.8 Å². The van der Waals surface area contributed by atoms with Gasteiger partial charge in [0.25, 0.3) is 0 Å². The normalized spacial score (nSPS) is 12.8. The van der Waals surface area contributed by atoms with Gasteiger partial charge >= 0.3 is 0 Å². The van der Waals surface area contributed by atoms with Gasteiger partial charge < -0.3 is 9.73 Å². The molecule has 0 amide bonds. The van der Waals surface area contributed by atoms with Crippen LogP contribution in [0, 0.1) is 20.8 Å². The van der Waals surface area contributed by atoms with E-state index in [0.29, 0.717) is 0 Å². The van der Waals surface area contributed by atoms with Gasteiger partial charge in [-0.2, -0.15) is 0 Å². The van der Waals surface area contributed by atoms with Gasteiger partial charge in [-0.25, -0.2) is 0 Å². The first-order chi connectivity index (χ1) is 10.1. The Balaban J connectivity index is 2.08. The zero-order chi connectivity index (χ0) is 15.0. The molecule has 0 saturated heterocycles. The van der Waals surface area contributed by atoms with E-state index in [9.17, 15) is 0 Å². The predicted octanol–water partition coefficient (Wildman–Crippen LogP) is 4.67. The molecule has 1 unspecified atom stereocenters. The third kappa shape index (κ3) is 2.72. The summed E-state index contributed by atoms with van der Waals surface area (Å²) in [5.74, 6) is 0.961. The summed E-state index contributed by atoms with van der Waals surface area (Å²) in [5, 5.41) is 4.53. The molecule has 0 aliphatic rings. The smallest absolute Gasteiger partial charge is 0.134 e. The molecule has 0 aliphatic carbocycles. The highest BCUT2D eigenvalue weighted by molar-refractivity contribution is 5.79. The molecule has 1 atom stereocenters. The minimum atomic E-state index is 0.0799. The van der Waals surface area contributed by atoms with Crippen molar-refractivity contribution < 1.29 is 4.42 Å². The molecule has 0 spiro atoms. The van der Waals surface area contributed by atoms with Crippen molar-refractivity contribution in [3.05, 3.63) is 70.5 Å². The molecule has 2 nitrogen and oxygen atoms in total. The van der Waals surface area contributed by atoms with Crippen LogP contribution in [-0.4, -0.2) is 7.05 Å². The number of fused-ring (bicyclic) bond motifs is 1. The Labute approximate surface area is 125 Å². The van der Waals surface area contributed by atoms with E-state index < -0.39 is 0 Å². The van der Waals surface area contributed by atoms with Gasteiger partial charge in [-0.3, -0.25) is 0 Å². The fourth-order valence-electron chi connectivity index (χ4n) is 2.98. The van der Waals surface area contributed by atoms with Crippen molar-refractivity contribution in [2.24, 2.45) is 0 Å². The van der Waals surface area contributed by atoms with Gasteiger partial charge in [-0.1, -0.05) is 41.0 Å². The fraction of sp³-hybridized carbons (Fsp3) is 0.263. The lowest BCUT2D eigenvalue weighted by Crippen LogP contribution is -2.17. The maximum absolute atomic E-state index is 6.05. The number of nitrogens with one attached hydrogen (secondary N) is 1. The molecule has 108 valence electrons. The summed E-state index contributed by atoms with van der Waals surface area (Å²) in [5.41, 5.74) is 5.99. The van der Waals surface area contributed by atoms with Crippen molar-refractivity contribution in [1.82, 2.24) is 5.32 Å². The first-order valence-electron chi connectivity index (χ1n) is 7.32. The van der Waals surface area contributed by atoms with E-state index in [4.69, 9.17) is 4.42 Å². The van der Waals surface area contributed by atoms with Crippen molar-refractivity contribution >= 4 is 11.0 Å². The first kappa shape index (κ1) is 13.9. The van der Waals surface area contributed by atoms with E-state index in [-0.39, 0.29) is 6.04 Å². The number of hydrogen-bond donors (Lipinski definition) is 1. The third-order valence-corrected chi connectivity index (χ3v) is 3.84. The topological polar surface area (TPSA) is 25.2 Å². The molecule has 0 radical (unpaired) electrons. The molecule has 0 bridgehead atoms. The first-order valence-corrected chi connectivity index (χ1v) is 7.32. The molecule has 0 saturated carbocycles. The average molecular weight is 279 g/mol. The maximum Gasteiger partial charge on any atom is 0.134 e. The molecule has 1 N–H and O–H groups in total. The zero-order valence-electron chi connectivity index (χ0n) is 13.0. The van der Waals surface area contributed by atoms with Crippen LogP contribution in [0.4, 0.5) is 0 Å². The van der Waals surface area contributed by atoms with E-state index in [1.165, 1.54) is 22.3 Å². The highest BCUT2D eigenvalue weighted by Gasteiger charge is 2.17. The van der Waals surface area contributed by atoms with Crippen molar-refractivity contribution in [1.29, 1.82) is 0 Å². The number of aryl methyl sites for hydroxylation is 3. The summed E-state index contributed by atoms with van der Waals surface area (Å²) < 4.78 is 6.05. The number of benzene rings is 2. The van der Waals surface area contributed by atoms with Crippen LogP contribution in [0.5, 0.6) is 0 Å². The van der Waals surface area contributed by atoms with Crippen LogP contribution in [0.2, 0.25) is 0 Å². The van der Waals surface area contributed by atoms with Crippen molar-refractivity contribution in [2.75, 3.05) is 7.05 Å². The molecule has 3 rings (SSSR count). The lowest BCUT2D eigenvalue weighted by atomic mass is 9.99. The van der Waals surface area contributed by atoms with Crippen molar-refractivity contribution in [3.63, 3.8) is 0 Å². The van der Waals surface area contributed by atoms with E-state index in [1.807, 2.05) is 13.1 Å². The van der Waals surface area contributed by atoms with Crippen LogP contribution in [0.1, 0.15) is 34.1 Å². The van der Waals surface area contributed by atoms with Gasteiger partial charge in [0.2, 0.25) is 0 Å². The summed E-state index contributed by atoms with van der Waals surface area (Å²) in [6, 6.07) is 15.1. The standard InChI is InChI=1S/C19H21NO/c1-12-5-6-17-15(8-12)11-18(21-17)19(20-4)16-9-13(2)7-14(3)10-16/h5-11,19-20H,1-4H3. The largest absolute Gasteiger partial charge is 0.459 e. The van der Waals surface area contributed by atoms with Gasteiger partial charge in [-0.05, 0) is 51.6 Å². The van der Waals surface area contributed by atoms with E-state index in [0.717, 1.165) is 16.7 Å². The lowest BCUT2D eigenvalue weighted by molar-refractivity contribution is 0.491. The van der Waals surface area contributed by atoms with Gasteiger partial charge in [-0.15, -0.1) is 0 Å². The van der Waals surface area contributed by atoms with Crippen molar-refractivity contribution in [3.8, 4) is 0 Å². The molecule has 0 aliphatic heterocycles. The van der Waals surface area contributed by atoms with Crippen LogP contribution >= 0.6 is 0 Å². The minimum Gasteiger partial charge on any atom is -0.459 e. The second-order valence-corrected chi connectivity index (χ2v) is 5.83. The second kappa shape index (κ2) is 5.38. The third-order valence-electron chi connectivity index (χ3n) is 3.84. The van der Waals surface area contributed by atoms with Crippen LogP contribution in [0.25, 0.3) is 11.0 Å². The number of rotatable bonds is 3. The monoisotopic (exact) mass is 279 g/mol. The molecule has 1 heterocycles. The molecule has 0 fully saturated rings. The summed E-state index contributed by atoms with van der Waals surface area (Å²) in [7, 11) is 1.97. The summed E-state index contributed by atoms with van der Waals surface area (Å²) in [6.45, 7) is 6.36. The van der Waals surface area contributed by atoms with Gasteiger partial charge in [0.15, 0.2) is 0 Å². The Kier molecular flexibility index (Phi) is 3.56. The van der Waals surface area contributed by atoms with E-state index >= 15 is 0 Å². The van der Waals surface area contributed by atoms with Gasteiger partial charge in [0.05, 0.1) is 6.04 Å². The average Bonchev–Trinajstić information content (AvgIpc) is 2.81. The molecule has 2 heteroatoms. The van der Waals surface area contributed by atoms with Crippen LogP contribution in [0.3, 0.4) is 0 Å². The summed E-state index contributed by atoms with van der Waals surface area (Å²) in [6.07, 6.45) is 0. The predicted molar refractivity (Wildman–Crippen MR) is 87.8 cm³/mol. The highest BCUT2D eigenvalue weighted by Crippen LogP contribution is 2.29. The lowest BCUT2D eigenvalue weighted by Gasteiger charge is -2.15. The molecule has 1 aromatic heterocycles. The molecular weight excluding hydrogens is 258 g/mol. The van der Waals surface area contributed by atoms with E-state index in [2.05, 4.69) is 62.5 Å². The Morgan fingerprint density at radius 1 is 0.857 bits per heavy atom. The number of furan rings is 1. The molecule has 2 aromatic carbocycles. The second-order valence-electron chi connectivity index (χ2n) is 5.83. The fourth-order valence-corrected chi connectivity index (χ4v) is 2.98. The number of hydrogen-bond acceptors (Lipinski definition) is 2. The Morgan fingerprint density at radius 3 is 2.24 bits per heavy atom. The SMILES string of the molecule is CNC(c1cc(C)cc(C)c1)c1cc2cc(C)ccc2o1. The Morgan fingerprint density at radius 2 is 1.57 bits per heavy atom. The van der Waals surface area contributed by atoms with Crippen LogP contribution in [0.15, 0.2) is 46.9 Å². The maximum atomic E-state index is 6.05. The van der Waals surface area contributed by atoms with Gasteiger partial charge in [0.1, 0.15) is 11.3 Å². The molecule has 3 aromatic rings. The minimum absolute atomic E-state index is 0.0799. The Bertz CT molecular complexity index is 765. The van der Waals surface area contributed by atoms with E-state index in [1.54, 1.807) is 0 Å². The summed E-state index contributed by atoms with van der Waals surface area (Å²) >= 11 is 0. The Hall–Kier alpha value is -2.06. The molecule has 21 heavy (non-hydrogen) atoms. The van der Waals surface area contributed by atoms with Crippen LogP contribution in [-0.2, 0) is 0 Å². The van der Waals surface area contributed by atoms with Crippen LogP contribution < -0.4 is 5.32 Å².